The Balaban J connectivity index is 1.84. The first kappa shape index (κ1) is 17.9. The number of hydrogen-bond donors (Lipinski definition) is 1. The average Bonchev–Trinajstić information content (AvgIpc) is 3.11. The number of anilines is 1. The van der Waals surface area contributed by atoms with Crippen LogP contribution in [-0.4, -0.2) is 10.5 Å². The third-order valence-corrected chi connectivity index (χ3v) is 6.28. The predicted octanol–water partition coefficient (Wildman–Crippen LogP) is 5.56. The van der Waals surface area contributed by atoms with Gasteiger partial charge in [0, 0.05) is 26.8 Å². The van der Waals surface area contributed by atoms with E-state index in [4.69, 9.17) is 0 Å². The van der Waals surface area contributed by atoms with Crippen molar-refractivity contribution in [3.05, 3.63) is 73.8 Å². The van der Waals surface area contributed by atoms with Gasteiger partial charge in [0.25, 0.3) is 11.5 Å². The Labute approximate surface area is 168 Å². The predicted molar refractivity (Wildman–Crippen MR) is 116 cm³/mol. The molecule has 2 heterocycles. The van der Waals surface area contributed by atoms with Crippen LogP contribution in [0.3, 0.4) is 0 Å². The summed E-state index contributed by atoms with van der Waals surface area (Å²) in [6.07, 6.45) is 0. The number of para-hydroxylation sites is 1. The molecule has 27 heavy (non-hydrogen) atoms. The van der Waals surface area contributed by atoms with Crippen LogP contribution in [0.2, 0.25) is 0 Å². The Bertz CT molecular complexity index is 1260. The zero-order chi connectivity index (χ0) is 19.1. The first-order valence-electron chi connectivity index (χ1n) is 8.62. The standard InChI is InChI=1S/C21H17BrN2O2S/c1-3-24-17-7-5-4-6-14(17)19-15(21(24)26)11-18(27-19)20(25)23-16-9-8-13(22)10-12(16)2/h4-11H,3H2,1-2H3,(H,23,25). The van der Waals surface area contributed by atoms with Crippen LogP contribution in [0.15, 0.2) is 57.8 Å². The Hall–Kier alpha value is -2.44. The number of aryl methyl sites for hydroxylation is 2. The van der Waals surface area contributed by atoms with Crippen LogP contribution in [0, 0.1) is 6.92 Å². The summed E-state index contributed by atoms with van der Waals surface area (Å²) in [5.74, 6) is -0.201. The van der Waals surface area contributed by atoms with E-state index < -0.39 is 0 Å². The molecule has 0 saturated heterocycles. The van der Waals surface area contributed by atoms with Crippen molar-refractivity contribution in [3.63, 3.8) is 0 Å². The lowest BCUT2D eigenvalue weighted by molar-refractivity contribution is 0.103. The maximum Gasteiger partial charge on any atom is 0.265 e. The molecule has 0 unspecified atom stereocenters. The van der Waals surface area contributed by atoms with Gasteiger partial charge < -0.3 is 9.88 Å². The van der Waals surface area contributed by atoms with E-state index in [1.807, 2.05) is 56.3 Å². The Kier molecular flexibility index (Phi) is 4.61. The maximum atomic E-state index is 12.9. The van der Waals surface area contributed by atoms with Crippen molar-refractivity contribution < 1.29 is 4.79 Å². The lowest BCUT2D eigenvalue weighted by atomic mass is 10.1. The summed E-state index contributed by atoms with van der Waals surface area (Å²) >= 11 is 4.79. The fourth-order valence-electron chi connectivity index (χ4n) is 3.28. The molecule has 6 heteroatoms. The first-order chi connectivity index (χ1) is 13.0. The summed E-state index contributed by atoms with van der Waals surface area (Å²) in [4.78, 5) is 26.2. The van der Waals surface area contributed by atoms with Gasteiger partial charge in [-0.2, -0.15) is 0 Å². The van der Waals surface area contributed by atoms with Crippen LogP contribution < -0.4 is 10.9 Å². The Morgan fingerprint density at radius 3 is 2.67 bits per heavy atom. The summed E-state index contributed by atoms with van der Waals surface area (Å²) in [5, 5.41) is 4.55. The van der Waals surface area contributed by atoms with Gasteiger partial charge >= 0.3 is 0 Å². The fourth-order valence-corrected chi connectivity index (χ4v) is 4.84. The zero-order valence-corrected chi connectivity index (χ0v) is 17.3. The van der Waals surface area contributed by atoms with E-state index in [2.05, 4.69) is 21.2 Å². The van der Waals surface area contributed by atoms with Crippen molar-refractivity contribution >= 4 is 59.9 Å². The van der Waals surface area contributed by atoms with Gasteiger partial charge in [-0.1, -0.05) is 34.1 Å². The lowest BCUT2D eigenvalue weighted by Crippen LogP contribution is -2.19. The van der Waals surface area contributed by atoms with E-state index in [0.717, 1.165) is 31.3 Å². The molecule has 0 aliphatic rings. The number of carbonyl (C=O) groups is 1. The molecule has 0 aliphatic heterocycles. The highest BCUT2D eigenvalue weighted by molar-refractivity contribution is 9.10. The normalized spacial score (nSPS) is 11.2. The van der Waals surface area contributed by atoms with Crippen LogP contribution in [0.1, 0.15) is 22.2 Å². The van der Waals surface area contributed by atoms with Crippen molar-refractivity contribution in [1.29, 1.82) is 0 Å². The van der Waals surface area contributed by atoms with Crippen molar-refractivity contribution in [3.8, 4) is 0 Å². The van der Waals surface area contributed by atoms with Gasteiger partial charge in [-0.15, -0.1) is 11.3 Å². The van der Waals surface area contributed by atoms with Gasteiger partial charge in [-0.05, 0) is 49.7 Å². The van der Waals surface area contributed by atoms with Gasteiger partial charge in [0.1, 0.15) is 0 Å². The van der Waals surface area contributed by atoms with Crippen LogP contribution in [-0.2, 0) is 6.54 Å². The molecule has 136 valence electrons. The molecule has 0 fully saturated rings. The molecule has 4 aromatic rings. The number of fused-ring (bicyclic) bond motifs is 3. The van der Waals surface area contributed by atoms with Crippen molar-refractivity contribution in [1.82, 2.24) is 4.57 Å². The quantitative estimate of drug-likeness (QED) is 0.453. The van der Waals surface area contributed by atoms with Crippen LogP contribution in [0.5, 0.6) is 0 Å². The number of pyridine rings is 1. The molecular weight excluding hydrogens is 424 g/mol. The molecule has 0 saturated carbocycles. The molecule has 4 rings (SSSR count). The Morgan fingerprint density at radius 1 is 1.15 bits per heavy atom. The number of hydrogen-bond acceptors (Lipinski definition) is 3. The topological polar surface area (TPSA) is 51.1 Å². The lowest BCUT2D eigenvalue weighted by Gasteiger charge is -2.08. The number of rotatable bonds is 3. The molecule has 0 spiro atoms. The molecule has 1 N–H and O–H groups in total. The molecule has 2 aromatic carbocycles. The molecule has 0 atom stereocenters. The van der Waals surface area contributed by atoms with E-state index in [0.29, 0.717) is 16.8 Å². The van der Waals surface area contributed by atoms with Gasteiger partial charge in [-0.25, -0.2) is 0 Å². The van der Waals surface area contributed by atoms with Crippen LogP contribution in [0.25, 0.3) is 21.0 Å². The van der Waals surface area contributed by atoms with Crippen molar-refractivity contribution in [2.45, 2.75) is 20.4 Å². The average molecular weight is 441 g/mol. The van der Waals surface area contributed by atoms with Gasteiger partial charge in [0.2, 0.25) is 0 Å². The smallest absolute Gasteiger partial charge is 0.265 e. The number of halogens is 1. The highest BCUT2D eigenvalue weighted by atomic mass is 79.9. The molecule has 2 aromatic heterocycles. The van der Waals surface area contributed by atoms with Gasteiger partial charge in [0.05, 0.1) is 15.8 Å². The van der Waals surface area contributed by atoms with Crippen molar-refractivity contribution in [2.75, 3.05) is 5.32 Å². The van der Waals surface area contributed by atoms with Gasteiger partial charge in [-0.3, -0.25) is 9.59 Å². The number of thiophene rings is 1. The fraction of sp³-hybridized carbons (Fsp3) is 0.143. The van der Waals surface area contributed by atoms with Crippen molar-refractivity contribution in [2.24, 2.45) is 0 Å². The summed E-state index contributed by atoms with van der Waals surface area (Å²) in [5.41, 5.74) is 2.57. The Morgan fingerprint density at radius 2 is 1.93 bits per heavy atom. The third-order valence-electron chi connectivity index (χ3n) is 4.62. The number of carbonyl (C=O) groups excluding carboxylic acids is 1. The number of aromatic nitrogens is 1. The van der Waals surface area contributed by atoms with Gasteiger partial charge in [0.15, 0.2) is 0 Å². The van der Waals surface area contributed by atoms with Crippen LogP contribution in [0.4, 0.5) is 5.69 Å². The highest BCUT2D eigenvalue weighted by Gasteiger charge is 2.17. The molecular formula is C21H17BrN2O2S. The van der Waals surface area contributed by atoms with E-state index >= 15 is 0 Å². The minimum atomic E-state index is -0.201. The minimum absolute atomic E-state index is 0.0543. The molecule has 1 amide bonds. The number of nitrogens with one attached hydrogen (secondary N) is 1. The monoisotopic (exact) mass is 440 g/mol. The minimum Gasteiger partial charge on any atom is -0.321 e. The summed E-state index contributed by atoms with van der Waals surface area (Å²) in [6.45, 7) is 4.49. The van der Waals surface area contributed by atoms with E-state index in [1.165, 1.54) is 11.3 Å². The second-order valence-electron chi connectivity index (χ2n) is 6.33. The summed E-state index contributed by atoms with van der Waals surface area (Å²) < 4.78 is 3.58. The zero-order valence-electron chi connectivity index (χ0n) is 14.9. The van der Waals surface area contributed by atoms with E-state index in [1.54, 1.807) is 10.6 Å². The SMILES string of the molecule is CCn1c(=O)c2cc(C(=O)Nc3ccc(Br)cc3C)sc2c2ccccc21. The van der Waals surface area contributed by atoms with E-state index in [-0.39, 0.29) is 11.5 Å². The summed E-state index contributed by atoms with van der Waals surface area (Å²) in [6, 6.07) is 15.3. The number of nitrogens with zero attached hydrogens (tertiary/aromatic N) is 1. The number of amides is 1. The second-order valence-corrected chi connectivity index (χ2v) is 8.30. The molecule has 0 aliphatic carbocycles. The third kappa shape index (κ3) is 3.09. The van der Waals surface area contributed by atoms with E-state index in [9.17, 15) is 9.59 Å². The second kappa shape index (κ2) is 6.94. The van der Waals surface area contributed by atoms with Crippen LogP contribution >= 0.6 is 27.3 Å². The first-order valence-corrected chi connectivity index (χ1v) is 10.2. The highest BCUT2D eigenvalue weighted by Crippen LogP contribution is 2.31. The summed E-state index contributed by atoms with van der Waals surface area (Å²) in [7, 11) is 0. The molecule has 0 bridgehead atoms. The largest absolute Gasteiger partial charge is 0.321 e. The number of benzene rings is 2. The molecule has 4 nitrogen and oxygen atoms in total. The molecule has 0 radical (unpaired) electrons. The maximum absolute atomic E-state index is 12.9.